The van der Waals surface area contributed by atoms with Crippen LogP contribution in [0.1, 0.15) is 24.5 Å². The van der Waals surface area contributed by atoms with Crippen molar-refractivity contribution >= 4 is 23.6 Å². The number of carbonyl (C=O) groups is 2. The molecule has 0 aromatic heterocycles. The van der Waals surface area contributed by atoms with Gasteiger partial charge in [0.25, 0.3) is 0 Å². The maximum Gasteiger partial charge on any atom is 0.242 e. The van der Waals surface area contributed by atoms with Crippen LogP contribution in [0.2, 0.25) is 0 Å². The molecule has 1 atom stereocenters. The van der Waals surface area contributed by atoms with Crippen molar-refractivity contribution in [2.45, 2.75) is 37.6 Å². The second-order valence-electron chi connectivity index (χ2n) is 6.52. The molecule has 2 aromatic carbocycles. The van der Waals surface area contributed by atoms with Gasteiger partial charge in [-0.3, -0.25) is 9.59 Å². The van der Waals surface area contributed by atoms with Crippen molar-refractivity contribution < 1.29 is 9.59 Å². The van der Waals surface area contributed by atoms with E-state index in [0.29, 0.717) is 18.7 Å². The molecule has 0 unspecified atom stereocenters. The molecular formula is C22H28N2O2S. The first-order valence-electron chi connectivity index (χ1n) is 9.25. The van der Waals surface area contributed by atoms with Gasteiger partial charge in [-0.05, 0) is 38.0 Å². The van der Waals surface area contributed by atoms with E-state index < -0.39 is 6.04 Å². The molecule has 27 heavy (non-hydrogen) atoms. The number of nitrogens with zero attached hydrogens (tertiary/aromatic N) is 1. The summed E-state index contributed by atoms with van der Waals surface area (Å²) >= 11 is 1.67. The highest BCUT2D eigenvalue weighted by atomic mass is 32.2. The van der Waals surface area contributed by atoms with E-state index in [9.17, 15) is 9.59 Å². The third-order valence-corrected chi connectivity index (χ3v) is 5.52. The molecule has 144 valence electrons. The molecule has 0 fully saturated rings. The second-order valence-corrected chi connectivity index (χ2v) is 7.69. The molecule has 0 spiro atoms. The average Bonchev–Trinajstić information content (AvgIpc) is 2.69. The molecule has 0 saturated heterocycles. The highest BCUT2D eigenvalue weighted by molar-refractivity contribution is 7.99. The number of likely N-dealkylation sites (N-methyl/N-ethyl adjacent to an activating group) is 1. The lowest BCUT2D eigenvalue weighted by Crippen LogP contribution is -2.48. The highest BCUT2D eigenvalue weighted by Crippen LogP contribution is 2.20. The first kappa shape index (κ1) is 21.0. The van der Waals surface area contributed by atoms with Gasteiger partial charge in [-0.1, -0.05) is 48.0 Å². The lowest BCUT2D eigenvalue weighted by Gasteiger charge is -2.28. The van der Waals surface area contributed by atoms with Gasteiger partial charge in [0, 0.05) is 30.7 Å². The van der Waals surface area contributed by atoms with Gasteiger partial charge in [0.05, 0.1) is 0 Å². The highest BCUT2D eigenvalue weighted by Gasteiger charge is 2.24. The molecule has 0 saturated carbocycles. The van der Waals surface area contributed by atoms with Crippen LogP contribution >= 0.6 is 11.8 Å². The number of benzene rings is 2. The molecule has 0 bridgehead atoms. The predicted octanol–water partition coefficient (Wildman–Crippen LogP) is 3.68. The zero-order valence-corrected chi connectivity index (χ0v) is 17.1. The fourth-order valence-electron chi connectivity index (χ4n) is 2.81. The molecular weight excluding hydrogens is 356 g/mol. The van der Waals surface area contributed by atoms with Crippen molar-refractivity contribution in [3.8, 4) is 0 Å². The first-order chi connectivity index (χ1) is 13.0. The van der Waals surface area contributed by atoms with Crippen LogP contribution in [0.5, 0.6) is 0 Å². The molecule has 0 aliphatic rings. The predicted molar refractivity (Wildman–Crippen MR) is 112 cm³/mol. The van der Waals surface area contributed by atoms with E-state index in [0.717, 1.165) is 16.9 Å². The molecule has 0 heterocycles. The van der Waals surface area contributed by atoms with Gasteiger partial charge in [0.1, 0.15) is 6.04 Å². The monoisotopic (exact) mass is 384 g/mol. The Balaban J connectivity index is 1.94. The Morgan fingerprint density at radius 3 is 2.37 bits per heavy atom. The van der Waals surface area contributed by atoms with Gasteiger partial charge >= 0.3 is 0 Å². The Bertz CT molecular complexity index is 732. The molecule has 2 amide bonds. The van der Waals surface area contributed by atoms with Crippen LogP contribution in [-0.2, 0) is 16.0 Å². The van der Waals surface area contributed by atoms with Crippen LogP contribution in [0.3, 0.4) is 0 Å². The van der Waals surface area contributed by atoms with E-state index in [2.05, 4.69) is 36.5 Å². The van der Waals surface area contributed by atoms with Crippen molar-refractivity contribution in [3.05, 3.63) is 65.7 Å². The Labute approximate surface area is 166 Å². The van der Waals surface area contributed by atoms with Gasteiger partial charge in [0.2, 0.25) is 11.8 Å². The van der Waals surface area contributed by atoms with Crippen LogP contribution in [0, 0.1) is 6.92 Å². The number of hydrogen-bond acceptors (Lipinski definition) is 3. The second kappa shape index (κ2) is 10.8. The summed E-state index contributed by atoms with van der Waals surface area (Å²) in [6.07, 6.45) is 1.15. The lowest BCUT2D eigenvalue weighted by molar-refractivity contribution is -0.139. The number of amides is 2. The molecule has 4 nitrogen and oxygen atoms in total. The van der Waals surface area contributed by atoms with Gasteiger partial charge in [0.15, 0.2) is 0 Å². The van der Waals surface area contributed by atoms with E-state index >= 15 is 0 Å². The smallest absolute Gasteiger partial charge is 0.242 e. The molecule has 0 aliphatic carbocycles. The van der Waals surface area contributed by atoms with Crippen LogP contribution in [0.15, 0.2) is 59.5 Å². The van der Waals surface area contributed by atoms with Crippen molar-refractivity contribution in [1.29, 1.82) is 0 Å². The summed E-state index contributed by atoms with van der Waals surface area (Å²) < 4.78 is 0. The molecule has 5 heteroatoms. The van der Waals surface area contributed by atoms with E-state index in [-0.39, 0.29) is 11.8 Å². The number of aryl methyl sites for hydroxylation is 1. The Kier molecular flexibility index (Phi) is 8.40. The summed E-state index contributed by atoms with van der Waals surface area (Å²) in [5.41, 5.74) is 2.38. The number of rotatable bonds is 9. The summed E-state index contributed by atoms with van der Waals surface area (Å²) in [7, 11) is 1.60. The average molecular weight is 385 g/mol. The molecule has 0 radical (unpaired) electrons. The van der Waals surface area contributed by atoms with Gasteiger partial charge in [-0.25, -0.2) is 0 Å². The van der Waals surface area contributed by atoms with E-state index in [4.69, 9.17) is 0 Å². The summed E-state index contributed by atoms with van der Waals surface area (Å²) in [5, 5.41) is 2.65. The molecule has 0 aliphatic heterocycles. The normalized spacial score (nSPS) is 11.7. The van der Waals surface area contributed by atoms with Gasteiger partial charge in [-0.15, -0.1) is 11.8 Å². The van der Waals surface area contributed by atoms with Crippen molar-refractivity contribution in [3.63, 3.8) is 0 Å². The van der Waals surface area contributed by atoms with E-state index in [1.54, 1.807) is 30.6 Å². The van der Waals surface area contributed by atoms with Crippen LogP contribution in [-0.4, -0.2) is 42.1 Å². The van der Waals surface area contributed by atoms with Crippen molar-refractivity contribution in [2.75, 3.05) is 19.3 Å². The summed E-state index contributed by atoms with van der Waals surface area (Å²) in [6.45, 7) is 4.38. The topological polar surface area (TPSA) is 49.4 Å². The summed E-state index contributed by atoms with van der Waals surface area (Å²) in [6, 6.07) is 17.9. The van der Waals surface area contributed by atoms with E-state index in [1.807, 2.05) is 30.3 Å². The minimum Gasteiger partial charge on any atom is -0.357 e. The Hall–Kier alpha value is -2.27. The Morgan fingerprint density at radius 1 is 1.07 bits per heavy atom. The lowest BCUT2D eigenvalue weighted by atomic mass is 10.1. The number of hydrogen-bond donors (Lipinski definition) is 1. The molecule has 2 rings (SSSR count). The largest absolute Gasteiger partial charge is 0.357 e. The maximum absolute atomic E-state index is 12.8. The first-order valence-corrected chi connectivity index (χ1v) is 10.2. The van der Waals surface area contributed by atoms with Crippen LogP contribution < -0.4 is 5.32 Å². The minimum absolute atomic E-state index is 0.0154. The summed E-state index contributed by atoms with van der Waals surface area (Å²) in [5.74, 6) is 0.578. The van der Waals surface area contributed by atoms with Crippen LogP contribution in [0.25, 0.3) is 0 Å². The maximum atomic E-state index is 12.8. The Morgan fingerprint density at radius 2 is 1.74 bits per heavy atom. The number of thioether (sulfide) groups is 1. The number of nitrogens with one attached hydrogen (secondary N) is 1. The van der Waals surface area contributed by atoms with Gasteiger partial charge in [-0.2, -0.15) is 0 Å². The third-order valence-electron chi connectivity index (χ3n) is 4.50. The quantitative estimate of drug-likeness (QED) is 0.671. The van der Waals surface area contributed by atoms with Crippen molar-refractivity contribution in [1.82, 2.24) is 10.2 Å². The standard InChI is InChI=1S/C22H28N2O2S/c1-17-9-11-20(12-10-17)27-16-14-21(25)24(18(2)22(26)23-3)15-13-19-7-5-4-6-8-19/h4-12,18H,13-16H2,1-3H3,(H,23,26)/t18-/m1/s1. The zero-order valence-electron chi connectivity index (χ0n) is 16.3. The molecule has 1 N–H and O–H groups in total. The third kappa shape index (κ3) is 6.75. The molecule has 2 aromatic rings. The fourth-order valence-corrected chi connectivity index (χ4v) is 3.65. The van der Waals surface area contributed by atoms with Gasteiger partial charge < -0.3 is 10.2 Å². The SMILES string of the molecule is CNC(=O)[C@@H](C)N(CCc1ccccc1)C(=O)CCSc1ccc(C)cc1. The summed E-state index contributed by atoms with van der Waals surface area (Å²) in [4.78, 5) is 27.7. The van der Waals surface area contributed by atoms with Crippen LogP contribution in [0.4, 0.5) is 0 Å². The van der Waals surface area contributed by atoms with E-state index in [1.165, 1.54) is 5.56 Å². The number of carbonyl (C=O) groups excluding carboxylic acids is 2. The fraction of sp³-hybridized carbons (Fsp3) is 0.364. The zero-order chi connectivity index (χ0) is 19.6. The van der Waals surface area contributed by atoms with Crippen molar-refractivity contribution in [2.24, 2.45) is 0 Å². The minimum atomic E-state index is -0.476.